The summed E-state index contributed by atoms with van der Waals surface area (Å²) in [5, 5.41) is 11.3. The van der Waals surface area contributed by atoms with E-state index in [1.54, 1.807) is 23.6 Å². The molecule has 2 aliphatic rings. The molecule has 15 heteroatoms. The van der Waals surface area contributed by atoms with Crippen LogP contribution >= 0.6 is 57.9 Å². The van der Waals surface area contributed by atoms with Crippen LogP contribution in [0, 0.1) is 0 Å². The van der Waals surface area contributed by atoms with E-state index in [1.807, 2.05) is 0 Å². The second kappa shape index (κ2) is 12.4. The molecule has 218 valence electrons. The van der Waals surface area contributed by atoms with Gasteiger partial charge in [-0.2, -0.15) is 0 Å². The van der Waals surface area contributed by atoms with Crippen molar-refractivity contribution in [3.05, 3.63) is 80.8 Å². The fraction of sp³-hybridized carbons (Fsp3) is 0.185. The summed E-state index contributed by atoms with van der Waals surface area (Å²) in [6.45, 7) is 0.865. The third-order valence-corrected chi connectivity index (χ3v) is 9.30. The maximum absolute atomic E-state index is 13.1. The van der Waals surface area contributed by atoms with Crippen molar-refractivity contribution in [1.82, 2.24) is 4.90 Å². The molecule has 2 aromatic carbocycles. The van der Waals surface area contributed by atoms with Gasteiger partial charge in [0.05, 0.1) is 10.0 Å². The zero-order valence-electron chi connectivity index (χ0n) is 21.4. The molecule has 1 fully saturated rings. The maximum Gasteiger partial charge on any atom is 0.514 e. The Morgan fingerprint density at radius 2 is 1.74 bits per heavy atom. The van der Waals surface area contributed by atoms with Crippen LogP contribution in [0.1, 0.15) is 6.92 Å². The molecule has 10 nitrogen and oxygen atoms in total. The van der Waals surface area contributed by atoms with E-state index in [4.69, 9.17) is 49.0 Å². The van der Waals surface area contributed by atoms with Crippen molar-refractivity contribution in [2.45, 2.75) is 23.6 Å². The number of nitrogens with zero attached hydrogens (tertiary/aromatic N) is 2. The van der Waals surface area contributed by atoms with E-state index in [9.17, 15) is 24.3 Å². The van der Waals surface area contributed by atoms with Gasteiger partial charge in [-0.05, 0) is 47.8 Å². The molecule has 1 saturated heterocycles. The Kier molecular flexibility index (Phi) is 8.90. The van der Waals surface area contributed by atoms with E-state index in [0.717, 1.165) is 11.8 Å². The van der Waals surface area contributed by atoms with Gasteiger partial charge in [-0.25, -0.2) is 4.79 Å². The Hall–Kier alpha value is -3.42. The van der Waals surface area contributed by atoms with Crippen molar-refractivity contribution in [2.24, 2.45) is 0 Å². The van der Waals surface area contributed by atoms with E-state index in [-0.39, 0.29) is 44.7 Å². The summed E-state index contributed by atoms with van der Waals surface area (Å²) >= 11 is 20.4. The van der Waals surface area contributed by atoms with E-state index >= 15 is 0 Å². The van der Waals surface area contributed by atoms with Crippen molar-refractivity contribution >= 4 is 86.8 Å². The summed E-state index contributed by atoms with van der Waals surface area (Å²) < 4.78 is 16.3. The first-order chi connectivity index (χ1) is 20.0. The fourth-order valence-electron chi connectivity index (χ4n) is 4.27. The minimum atomic E-state index is -1.20. The van der Waals surface area contributed by atoms with Crippen molar-refractivity contribution in [3.63, 3.8) is 0 Å². The lowest BCUT2D eigenvalue weighted by atomic mass is 10.0. The number of hydrogen-bond donors (Lipinski definition) is 1. The number of hydrogen-bond acceptors (Lipinski definition) is 9. The minimum absolute atomic E-state index is 0.0842. The van der Waals surface area contributed by atoms with E-state index < -0.39 is 35.4 Å². The SMILES string of the molecule is CC(=O)N(c1cccs1)C1C(=O)N2C=C(COC(=O)Oc3cc(Cl)ccc3Oc3ccc(Cl)cc3Cl)C(C(=O)O)S[C@H]12. The molecule has 3 heterocycles. The fourth-order valence-corrected chi connectivity index (χ4v) is 7.07. The number of fused-ring (bicyclic) bond motifs is 1. The number of halogens is 3. The minimum Gasteiger partial charge on any atom is -0.480 e. The molecule has 3 aromatic rings. The summed E-state index contributed by atoms with van der Waals surface area (Å²) in [6.07, 6.45) is 0.171. The number of amides is 2. The molecular formula is C27H19Cl3N2O8S2. The highest BCUT2D eigenvalue weighted by Crippen LogP contribution is 2.44. The zero-order chi connectivity index (χ0) is 30.1. The van der Waals surface area contributed by atoms with Crippen LogP contribution in [0.2, 0.25) is 15.1 Å². The third-order valence-electron chi connectivity index (χ3n) is 6.12. The zero-order valence-corrected chi connectivity index (χ0v) is 25.3. The van der Waals surface area contributed by atoms with Crippen LogP contribution < -0.4 is 14.4 Å². The molecule has 0 spiro atoms. The first-order valence-electron chi connectivity index (χ1n) is 12.0. The standard InChI is InChI=1S/C27H19Cl3N2O8S2/c1-13(33)32(21-3-2-8-41-21)22-24(34)31-11-14(23(26(35)36)42-25(22)31)12-38-27(37)40-20-10-16(29)5-7-19(20)39-18-6-4-15(28)9-17(18)30/h2-11,22-23,25H,12H2,1H3,(H,35,36)/t22?,23?,25-/m1/s1. The third kappa shape index (κ3) is 6.18. The lowest BCUT2D eigenvalue weighted by molar-refractivity contribution is -0.143. The maximum atomic E-state index is 13.1. The van der Waals surface area contributed by atoms with Gasteiger partial charge < -0.3 is 24.2 Å². The molecule has 1 aromatic heterocycles. The number of aliphatic carboxylic acids is 1. The van der Waals surface area contributed by atoms with Gasteiger partial charge in [-0.3, -0.25) is 19.3 Å². The number of thioether (sulfide) groups is 1. The lowest BCUT2D eigenvalue weighted by Gasteiger charge is -2.51. The second-order valence-corrected chi connectivity index (χ2v) is 12.3. The van der Waals surface area contributed by atoms with Crippen LogP contribution in [0.4, 0.5) is 9.80 Å². The Morgan fingerprint density at radius 3 is 2.38 bits per heavy atom. The number of carboxylic acids is 1. The molecule has 5 rings (SSSR count). The van der Waals surface area contributed by atoms with Crippen LogP contribution in [-0.4, -0.2) is 57.2 Å². The van der Waals surface area contributed by atoms with Gasteiger partial charge in [-0.15, -0.1) is 23.1 Å². The first-order valence-corrected chi connectivity index (χ1v) is 15.0. The molecular weight excluding hydrogens is 651 g/mol. The molecule has 0 saturated carbocycles. The summed E-state index contributed by atoms with van der Waals surface area (Å²) in [5.41, 5.74) is 0.147. The van der Waals surface area contributed by atoms with E-state index in [0.29, 0.717) is 10.0 Å². The van der Waals surface area contributed by atoms with Crippen molar-refractivity contribution in [2.75, 3.05) is 11.5 Å². The number of rotatable bonds is 8. The molecule has 42 heavy (non-hydrogen) atoms. The smallest absolute Gasteiger partial charge is 0.480 e. The van der Waals surface area contributed by atoms with Crippen LogP contribution in [0.5, 0.6) is 17.2 Å². The van der Waals surface area contributed by atoms with Gasteiger partial charge in [0, 0.05) is 34.8 Å². The number of benzene rings is 2. The Balaban J connectivity index is 1.29. The number of ether oxygens (including phenoxy) is 3. The van der Waals surface area contributed by atoms with Gasteiger partial charge in [-0.1, -0.05) is 34.8 Å². The highest BCUT2D eigenvalue weighted by atomic mass is 35.5. The number of thiophene rings is 1. The summed E-state index contributed by atoms with van der Waals surface area (Å²) in [7, 11) is 0. The number of carboxylic acid groups (broad SMARTS) is 1. The molecule has 0 bridgehead atoms. The normalized spacial score (nSPS) is 19.2. The Labute approximate surface area is 262 Å². The number of carbonyl (C=O) groups excluding carboxylic acids is 3. The van der Waals surface area contributed by atoms with Gasteiger partial charge in [0.25, 0.3) is 5.91 Å². The van der Waals surface area contributed by atoms with Gasteiger partial charge in [0.2, 0.25) is 5.91 Å². The molecule has 0 radical (unpaired) electrons. The number of anilines is 1. The molecule has 2 amide bonds. The second-order valence-electron chi connectivity index (χ2n) is 8.89. The van der Waals surface area contributed by atoms with Crippen LogP contribution in [0.15, 0.2) is 65.7 Å². The number of carbonyl (C=O) groups is 4. The average Bonchev–Trinajstić information content (AvgIpc) is 3.47. The van der Waals surface area contributed by atoms with Gasteiger partial charge in [0.15, 0.2) is 11.5 Å². The molecule has 2 unspecified atom stereocenters. The molecule has 0 aliphatic carbocycles. The Morgan fingerprint density at radius 1 is 1.02 bits per heavy atom. The van der Waals surface area contributed by atoms with Crippen molar-refractivity contribution in [3.8, 4) is 17.2 Å². The summed E-state index contributed by atoms with van der Waals surface area (Å²) in [4.78, 5) is 52.9. The predicted octanol–water partition coefficient (Wildman–Crippen LogP) is 6.69. The molecule has 2 aliphatic heterocycles. The summed E-state index contributed by atoms with van der Waals surface area (Å²) in [5.74, 6) is -1.68. The van der Waals surface area contributed by atoms with Crippen LogP contribution in [-0.2, 0) is 19.1 Å². The lowest BCUT2D eigenvalue weighted by Crippen LogP contribution is -2.70. The van der Waals surface area contributed by atoms with Gasteiger partial charge >= 0.3 is 12.1 Å². The quantitative estimate of drug-likeness (QED) is 0.159. The first kappa shape index (κ1) is 30.1. The van der Waals surface area contributed by atoms with Crippen molar-refractivity contribution < 1.29 is 38.5 Å². The summed E-state index contributed by atoms with van der Waals surface area (Å²) in [6, 6.07) is 11.5. The average molecular weight is 670 g/mol. The molecule has 1 N–H and O–H groups in total. The number of β-lactam (4-membered cyclic amide) rings is 1. The van der Waals surface area contributed by atoms with Crippen LogP contribution in [0.25, 0.3) is 0 Å². The largest absolute Gasteiger partial charge is 0.514 e. The highest BCUT2D eigenvalue weighted by molar-refractivity contribution is 8.01. The molecule has 3 atom stereocenters. The predicted molar refractivity (Wildman–Crippen MR) is 159 cm³/mol. The highest BCUT2D eigenvalue weighted by Gasteiger charge is 2.55. The van der Waals surface area contributed by atoms with Gasteiger partial charge in [0.1, 0.15) is 29.0 Å². The Bertz CT molecular complexity index is 1600. The van der Waals surface area contributed by atoms with E-state index in [1.165, 1.54) is 64.6 Å². The van der Waals surface area contributed by atoms with Crippen molar-refractivity contribution in [1.29, 1.82) is 0 Å². The van der Waals surface area contributed by atoms with E-state index in [2.05, 4.69) is 0 Å². The van der Waals surface area contributed by atoms with Crippen LogP contribution in [0.3, 0.4) is 0 Å². The monoisotopic (exact) mass is 668 g/mol. The topological polar surface area (TPSA) is 123 Å².